The Morgan fingerprint density at radius 2 is 1.96 bits per heavy atom. The highest BCUT2D eigenvalue weighted by Crippen LogP contribution is 2.36. The Balaban J connectivity index is 1.72. The largest absolute Gasteiger partial charge is 0.389 e. The second-order valence-electron chi connectivity index (χ2n) is 7.00. The topological polar surface area (TPSA) is 61.8 Å². The molecule has 27 heavy (non-hydrogen) atoms. The summed E-state index contributed by atoms with van der Waals surface area (Å²) in [4.78, 5) is 15.1. The van der Waals surface area contributed by atoms with E-state index in [0.717, 1.165) is 17.5 Å². The number of carbonyl (C=O) groups excluding carboxylic acids is 1. The number of β-amino-alcohol motifs (C(OH)–C–C–N with tert-alkyl or cyclic N) is 1. The third kappa shape index (κ3) is 3.60. The lowest BCUT2D eigenvalue weighted by Gasteiger charge is -2.39. The summed E-state index contributed by atoms with van der Waals surface area (Å²) in [6, 6.07) is 13.9. The number of ether oxygens (including phenoxy) is 1. The van der Waals surface area contributed by atoms with E-state index in [0.29, 0.717) is 26.2 Å². The van der Waals surface area contributed by atoms with Crippen LogP contribution in [0.15, 0.2) is 48.5 Å². The molecular formula is C21H23FN2O3. The fourth-order valence-corrected chi connectivity index (χ4v) is 3.93. The number of hydrogen-bond donors (Lipinski definition) is 2. The molecule has 1 amide bonds. The number of hydrogen-bond acceptors (Lipinski definition) is 4. The number of halogens is 1. The molecule has 6 heteroatoms. The highest BCUT2D eigenvalue weighted by Gasteiger charge is 2.38. The molecule has 2 aromatic rings. The zero-order valence-corrected chi connectivity index (χ0v) is 15.0. The number of aliphatic hydroxyl groups excluding tert-OH is 1. The van der Waals surface area contributed by atoms with E-state index in [9.17, 15) is 14.3 Å². The molecule has 0 saturated carbocycles. The lowest BCUT2D eigenvalue weighted by Crippen LogP contribution is -2.51. The Hall–Kier alpha value is -2.28. The van der Waals surface area contributed by atoms with E-state index in [1.54, 1.807) is 17.0 Å². The zero-order valence-electron chi connectivity index (χ0n) is 15.0. The number of aliphatic hydroxyl groups is 1. The summed E-state index contributed by atoms with van der Waals surface area (Å²) in [6.45, 7) is 1.82. The number of benzene rings is 2. The van der Waals surface area contributed by atoms with Crippen molar-refractivity contribution in [2.24, 2.45) is 0 Å². The van der Waals surface area contributed by atoms with Crippen LogP contribution in [0.2, 0.25) is 0 Å². The van der Waals surface area contributed by atoms with Gasteiger partial charge in [0, 0.05) is 19.6 Å². The van der Waals surface area contributed by atoms with Crippen LogP contribution in [0.5, 0.6) is 0 Å². The average molecular weight is 370 g/mol. The summed E-state index contributed by atoms with van der Waals surface area (Å²) in [5, 5.41) is 13.4. The first-order valence-corrected chi connectivity index (χ1v) is 9.29. The van der Waals surface area contributed by atoms with Gasteiger partial charge in [-0.05, 0) is 35.2 Å². The minimum Gasteiger partial charge on any atom is -0.389 e. The van der Waals surface area contributed by atoms with Gasteiger partial charge in [0.25, 0.3) is 5.91 Å². The number of fused-ring (bicyclic) bond motifs is 1. The van der Waals surface area contributed by atoms with Crippen LogP contribution < -0.4 is 5.32 Å². The second-order valence-corrected chi connectivity index (χ2v) is 7.00. The maximum atomic E-state index is 13.5. The van der Waals surface area contributed by atoms with Gasteiger partial charge in [-0.15, -0.1) is 0 Å². The molecule has 142 valence electrons. The highest BCUT2D eigenvalue weighted by atomic mass is 19.1. The van der Waals surface area contributed by atoms with E-state index < -0.39 is 12.2 Å². The first kappa shape index (κ1) is 18.1. The van der Waals surface area contributed by atoms with Gasteiger partial charge >= 0.3 is 0 Å². The molecule has 2 aliphatic heterocycles. The molecule has 0 bridgehead atoms. The molecule has 3 atom stereocenters. The van der Waals surface area contributed by atoms with Crippen LogP contribution in [0.4, 0.5) is 4.39 Å². The molecule has 0 unspecified atom stereocenters. The van der Waals surface area contributed by atoms with E-state index in [1.807, 2.05) is 18.2 Å². The molecule has 5 nitrogen and oxygen atoms in total. The van der Waals surface area contributed by atoms with Crippen molar-refractivity contribution in [3.63, 3.8) is 0 Å². The van der Waals surface area contributed by atoms with Crippen molar-refractivity contribution in [3.05, 3.63) is 71.0 Å². The normalized spacial score (nSPS) is 25.6. The van der Waals surface area contributed by atoms with Crippen LogP contribution in [-0.4, -0.2) is 54.4 Å². The van der Waals surface area contributed by atoms with E-state index in [2.05, 4.69) is 11.4 Å². The van der Waals surface area contributed by atoms with Crippen molar-refractivity contribution < 1.29 is 19.0 Å². The summed E-state index contributed by atoms with van der Waals surface area (Å²) >= 11 is 0. The van der Waals surface area contributed by atoms with E-state index in [1.165, 1.54) is 17.7 Å². The summed E-state index contributed by atoms with van der Waals surface area (Å²) in [5.41, 5.74) is 3.06. The van der Waals surface area contributed by atoms with Gasteiger partial charge in [0.2, 0.25) is 0 Å². The Morgan fingerprint density at radius 3 is 2.78 bits per heavy atom. The van der Waals surface area contributed by atoms with Gasteiger partial charge in [0.15, 0.2) is 6.10 Å². The van der Waals surface area contributed by atoms with Crippen molar-refractivity contribution in [1.82, 2.24) is 10.2 Å². The van der Waals surface area contributed by atoms with E-state index in [4.69, 9.17) is 4.74 Å². The Bertz CT molecular complexity index is 811. The molecule has 1 fully saturated rings. The van der Waals surface area contributed by atoms with Gasteiger partial charge in [-0.1, -0.05) is 36.4 Å². The van der Waals surface area contributed by atoms with Gasteiger partial charge in [-0.3, -0.25) is 4.79 Å². The Kier molecular flexibility index (Phi) is 5.20. The third-order valence-electron chi connectivity index (χ3n) is 5.27. The predicted molar refractivity (Wildman–Crippen MR) is 98.7 cm³/mol. The molecule has 0 aromatic heterocycles. The molecule has 2 aliphatic rings. The monoisotopic (exact) mass is 370 g/mol. The minimum atomic E-state index is -0.897. The summed E-state index contributed by atoms with van der Waals surface area (Å²) in [6.07, 6.45) is -1.06. The molecule has 2 heterocycles. The van der Waals surface area contributed by atoms with Gasteiger partial charge < -0.3 is 20.1 Å². The van der Waals surface area contributed by atoms with Crippen LogP contribution >= 0.6 is 0 Å². The molecule has 1 saturated heterocycles. The van der Waals surface area contributed by atoms with Crippen molar-refractivity contribution in [2.45, 2.75) is 24.7 Å². The zero-order chi connectivity index (χ0) is 18.8. The smallest absolute Gasteiger partial charge is 0.255 e. The van der Waals surface area contributed by atoms with Crippen LogP contribution in [0.25, 0.3) is 0 Å². The van der Waals surface area contributed by atoms with E-state index in [-0.39, 0.29) is 17.8 Å². The van der Waals surface area contributed by atoms with Gasteiger partial charge in [-0.25, -0.2) is 4.39 Å². The number of amides is 1. The molecule has 0 radical (unpaired) electrons. The number of nitrogens with zero attached hydrogens (tertiary/aromatic N) is 1. The first-order valence-electron chi connectivity index (χ1n) is 9.29. The fraction of sp³-hybridized carbons (Fsp3) is 0.381. The highest BCUT2D eigenvalue weighted by molar-refractivity contribution is 5.83. The minimum absolute atomic E-state index is 0.227. The summed E-state index contributed by atoms with van der Waals surface area (Å²) < 4.78 is 19.1. The van der Waals surface area contributed by atoms with Gasteiger partial charge in [-0.2, -0.15) is 0 Å². The number of carbonyl (C=O) groups is 1. The van der Waals surface area contributed by atoms with Gasteiger partial charge in [0.1, 0.15) is 11.9 Å². The maximum Gasteiger partial charge on any atom is 0.255 e. The molecule has 0 aliphatic carbocycles. The lowest BCUT2D eigenvalue weighted by molar-refractivity contribution is -0.152. The summed E-state index contributed by atoms with van der Waals surface area (Å²) in [7, 11) is 0. The quantitative estimate of drug-likeness (QED) is 0.844. The maximum absolute atomic E-state index is 13.5. The third-order valence-corrected chi connectivity index (χ3v) is 5.27. The lowest BCUT2D eigenvalue weighted by atomic mass is 9.87. The Labute approximate surface area is 157 Å². The second kappa shape index (κ2) is 7.76. The number of nitrogens with one attached hydrogen (secondary N) is 1. The van der Waals surface area contributed by atoms with Crippen molar-refractivity contribution in [3.8, 4) is 0 Å². The molecular weight excluding hydrogens is 347 g/mol. The van der Waals surface area contributed by atoms with E-state index >= 15 is 0 Å². The summed E-state index contributed by atoms with van der Waals surface area (Å²) in [5.74, 6) is -0.538. The Morgan fingerprint density at radius 1 is 1.19 bits per heavy atom. The first-order chi connectivity index (χ1) is 13.1. The average Bonchev–Trinajstić information content (AvgIpc) is 2.91. The molecule has 4 rings (SSSR count). The fourth-order valence-electron chi connectivity index (χ4n) is 3.93. The molecule has 2 aromatic carbocycles. The predicted octanol–water partition coefficient (Wildman–Crippen LogP) is 1.65. The SMILES string of the molecule is O=C([C@@H]1OCCNC[C@@H]1O)N1CCc2ccccc2[C@@H]1c1ccc(F)cc1. The standard InChI is InChI=1S/C21H23FN2O3/c22-16-7-5-15(6-8-16)19-17-4-2-1-3-14(17)9-11-24(19)21(26)20-18(25)13-23-10-12-27-20/h1-8,18-20,23,25H,9-13H2/t18-,19-,20+/m0/s1. The van der Waals surface area contributed by atoms with Crippen molar-refractivity contribution >= 4 is 5.91 Å². The number of rotatable bonds is 2. The van der Waals surface area contributed by atoms with Crippen LogP contribution in [-0.2, 0) is 16.0 Å². The van der Waals surface area contributed by atoms with Crippen molar-refractivity contribution in [2.75, 3.05) is 26.2 Å². The van der Waals surface area contributed by atoms with Crippen LogP contribution in [0.1, 0.15) is 22.7 Å². The van der Waals surface area contributed by atoms with Gasteiger partial charge in [0.05, 0.1) is 12.6 Å². The van der Waals surface area contributed by atoms with Crippen LogP contribution in [0.3, 0.4) is 0 Å². The van der Waals surface area contributed by atoms with Crippen LogP contribution in [0, 0.1) is 5.82 Å². The van der Waals surface area contributed by atoms with Crippen molar-refractivity contribution in [1.29, 1.82) is 0 Å². The molecule has 0 spiro atoms. The molecule has 2 N–H and O–H groups in total.